The maximum Gasteiger partial charge on any atom is 0.269 e. The van der Waals surface area contributed by atoms with Gasteiger partial charge in [-0.25, -0.2) is 0 Å². The molecule has 0 aliphatic rings. The van der Waals surface area contributed by atoms with Crippen molar-refractivity contribution in [3.63, 3.8) is 0 Å². The van der Waals surface area contributed by atoms with Crippen molar-refractivity contribution in [3.8, 4) is 0 Å². The molecule has 0 radical (unpaired) electrons. The SMILES string of the molecule is CC(NCc1ncon1)c1cccc([N+](=O)[O-])c1. The molecule has 2 aromatic rings. The summed E-state index contributed by atoms with van der Waals surface area (Å²) in [6.45, 7) is 2.36. The monoisotopic (exact) mass is 248 g/mol. The Morgan fingerprint density at radius 3 is 3.06 bits per heavy atom. The summed E-state index contributed by atoms with van der Waals surface area (Å²) < 4.78 is 4.61. The van der Waals surface area contributed by atoms with Gasteiger partial charge < -0.3 is 9.84 Å². The third-order valence-corrected chi connectivity index (χ3v) is 2.55. The van der Waals surface area contributed by atoms with E-state index >= 15 is 0 Å². The molecule has 1 unspecified atom stereocenters. The van der Waals surface area contributed by atoms with Crippen LogP contribution in [0.15, 0.2) is 35.2 Å². The fourth-order valence-electron chi connectivity index (χ4n) is 1.54. The predicted molar refractivity (Wildman–Crippen MR) is 62.6 cm³/mol. The molecule has 18 heavy (non-hydrogen) atoms. The molecule has 0 saturated carbocycles. The number of rotatable bonds is 5. The van der Waals surface area contributed by atoms with Crippen molar-refractivity contribution in [2.24, 2.45) is 0 Å². The average Bonchev–Trinajstić information content (AvgIpc) is 2.89. The molecule has 7 heteroatoms. The summed E-state index contributed by atoms with van der Waals surface area (Å²) in [6.07, 6.45) is 1.26. The van der Waals surface area contributed by atoms with Crippen LogP contribution in [0.2, 0.25) is 0 Å². The van der Waals surface area contributed by atoms with Gasteiger partial charge in [0.1, 0.15) is 0 Å². The van der Waals surface area contributed by atoms with Crippen molar-refractivity contribution in [1.82, 2.24) is 15.5 Å². The Hall–Kier alpha value is -2.28. The van der Waals surface area contributed by atoms with Crippen LogP contribution >= 0.6 is 0 Å². The zero-order chi connectivity index (χ0) is 13.0. The quantitative estimate of drug-likeness (QED) is 0.640. The summed E-state index contributed by atoms with van der Waals surface area (Å²) in [4.78, 5) is 14.1. The largest absolute Gasteiger partial charge is 0.343 e. The highest BCUT2D eigenvalue weighted by molar-refractivity contribution is 5.35. The normalized spacial score (nSPS) is 12.3. The molecule has 0 spiro atoms. The molecule has 1 atom stereocenters. The average molecular weight is 248 g/mol. The van der Waals surface area contributed by atoms with E-state index < -0.39 is 4.92 Å². The molecule has 0 aliphatic carbocycles. The molecule has 1 aromatic carbocycles. The molecule has 0 saturated heterocycles. The lowest BCUT2D eigenvalue weighted by Crippen LogP contribution is -2.18. The Labute approximate surface area is 103 Å². The fourth-order valence-corrected chi connectivity index (χ4v) is 1.54. The molecular weight excluding hydrogens is 236 g/mol. The van der Waals surface area contributed by atoms with Crippen LogP contribution in [0, 0.1) is 10.1 Å². The molecule has 1 N–H and O–H groups in total. The van der Waals surface area contributed by atoms with Gasteiger partial charge in [-0.15, -0.1) is 0 Å². The van der Waals surface area contributed by atoms with Crippen LogP contribution in [0.25, 0.3) is 0 Å². The molecule has 94 valence electrons. The Balaban J connectivity index is 2.02. The number of hydrogen-bond donors (Lipinski definition) is 1. The highest BCUT2D eigenvalue weighted by atomic mass is 16.6. The minimum absolute atomic E-state index is 0.0385. The van der Waals surface area contributed by atoms with Crippen LogP contribution in [0.1, 0.15) is 24.4 Å². The number of aromatic nitrogens is 2. The van der Waals surface area contributed by atoms with Crippen LogP contribution < -0.4 is 5.32 Å². The molecule has 7 nitrogen and oxygen atoms in total. The molecule has 0 aliphatic heterocycles. The Bertz CT molecular complexity index is 527. The molecule has 1 aromatic heterocycles. The van der Waals surface area contributed by atoms with E-state index in [-0.39, 0.29) is 11.7 Å². The van der Waals surface area contributed by atoms with Crippen molar-refractivity contribution < 1.29 is 9.45 Å². The first-order chi connectivity index (χ1) is 8.66. The van der Waals surface area contributed by atoms with Gasteiger partial charge in [0.2, 0.25) is 6.39 Å². The number of nitro groups is 1. The van der Waals surface area contributed by atoms with E-state index in [1.165, 1.54) is 12.5 Å². The summed E-state index contributed by atoms with van der Waals surface area (Å²) in [7, 11) is 0. The van der Waals surface area contributed by atoms with Crippen molar-refractivity contribution in [2.45, 2.75) is 19.5 Å². The van der Waals surface area contributed by atoms with Gasteiger partial charge in [-0.05, 0) is 12.5 Å². The Morgan fingerprint density at radius 1 is 1.56 bits per heavy atom. The van der Waals surface area contributed by atoms with E-state index in [4.69, 9.17) is 0 Å². The van der Waals surface area contributed by atoms with E-state index in [0.717, 1.165) is 5.56 Å². The zero-order valence-corrected chi connectivity index (χ0v) is 9.74. The predicted octanol–water partition coefficient (Wildman–Crippen LogP) is 1.83. The van der Waals surface area contributed by atoms with Crippen LogP contribution in [0.5, 0.6) is 0 Å². The summed E-state index contributed by atoms with van der Waals surface area (Å²) in [5.41, 5.74) is 0.924. The smallest absolute Gasteiger partial charge is 0.269 e. The standard InChI is InChI=1S/C11H12N4O3/c1-8(12-6-11-13-7-18-14-11)9-3-2-4-10(5-9)15(16)17/h2-5,7-8,12H,6H2,1H3. The molecule has 0 fully saturated rings. The Kier molecular flexibility index (Phi) is 3.63. The van der Waals surface area contributed by atoms with Gasteiger partial charge in [-0.3, -0.25) is 10.1 Å². The van der Waals surface area contributed by atoms with Crippen LogP contribution in [-0.4, -0.2) is 15.1 Å². The lowest BCUT2D eigenvalue weighted by molar-refractivity contribution is -0.384. The summed E-state index contributed by atoms with van der Waals surface area (Å²) in [5.74, 6) is 0.548. The number of nitrogens with one attached hydrogen (secondary N) is 1. The minimum Gasteiger partial charge on any atom is -0.343 e. The van der Waals surface area contributed by atoms with Crippen molar-refractivity contribution >= 4 is 5.69 Å². The van der Waals surface area contributed by atoms with Gasteiger partial charge in [0.05, 0.1) is 11.5 Å². The van der Waals surface area contributed by atoms with Crippen LogP contribution in [-0.2, 0) is 6.54 Å². The van der Waals surface area contributed by atoms with E-state index in [1.54, 1.807) is 12.1 Å². The van der Waals surface area contributed by atoms with Gasteiger partial charge in [-0.2, -0.15) is 4.98 Å². The first-order valence-corrected chi connectivity index (χ1v) is 5.40. The van der Waals surface area contributed by atoms with Crippen molar-refractivity contribution in [2.75, 3.05) is 0 Å². The number of nitrogens with zero attached hydrogens (tertiary/aromatic N) is 3. The molecule has 1 heterocycles. The third-order valence-electron chi connectivity index (χ3n) is 2.55. The van der Waals surface area contributed by atoms with Gasteiger partial charge in [-0.1, -0.05) is 17.3 Å². The van der Waals surface area contributed by atoms with Gasteiger partial charge in [0.15, 0.2) is 5.82 Å². The maximum absolute atomic E-state index is 10.7. The van der Waals surface area contributed by atoms with Crippen LogP contribution in [0.3, 0.4) is 0 Å². The van der Waals surface area contributed by atoms with Gasteiger partial charge in [0.25, 0.3) is 5.69 Å². The second-order valence-electron chi connectivity index (χ2n) is 3.80. The van der Waals surface area contributed by atoms with E-state index in [1.807, 2.05) is 13.0 Å². The number of hydrogen-bond acceptors (Lipinski definition) is 6. The van der Waals surface area contributed by atoms with Gasteiger partial charge >= 0.3 is 0 Å². The maximum atomic E-state index is 10.7. The van der Waals surface area contributed by atoms with Crippen molar-refractivity contribution in [3.05, 3.63) is 52.2 Å². The van der Waals surface area contributed by atoms with Crippen molar-refractivity contribution in [1.29, 1.82) is 0 Å². The van der Waals surface area contributed by atoms with E-state index in [9.17, 15) is 10.1 Å². The first-order valence-electron chi connectivity index (χ1n) is 5.40. The summed E-state index contributed by atoms with van der Waals surface area (Å²) in [5, 5.41) is 17.5. The summed E-state index contributed by atoms with van der Waals surface area (Å²) >= 11 is 0. The number of non-ortho nitro benzene ring substituents is 1. The van der Waals surface area contributed by atoms with E-state index in [2.05, 4.69) is 20.0 Å². The number of nitro benzene ring substituents is 1. The van der Waals surface area contributed by atoms with Gasteiger partial charge in [0, 0.05) is 18.2 Å². The second kappa shape index (κ2) is 5.37. The minimum atomic E-state index is -0.407. The lowest BCUT2D eigenvalue weighted by Gasteiger charge is -2.12. The first kappa shape index (κ1) is 12.2. The van der Waals surface area contributed by atoms with Crippen LogP contribution in [0.4, 0.5) is 5.69 Å². The number of benzene rings is 1. The molecule has 2 rings (SSSR count). The van der Waals surface area contributed by atoms with E-state index in [0.29, 0.717) is 12.4 Å². The fraction of sp³-hybridized carbons (Fsp3) is 0.273. The zero-order valence-electron chi connectivity index (χ0n) is 9.74. The lowest BCUT2D eigenvalue weighted by atomic mass is 10.1. The molecule has 0 bridgehead atoms. The molecule has 0 amide bonds. The molecular formula is C11H12N4O3. The Morgan fingerprint density at radius 2 is 2.39 bits per heavy atom. The highest BCUT2D eigenvalue weighted by Crippen LogP contribution is 2.18. The summed E-state index contributed by atoms with van der Waals surface area (Å²) in [6, 6.07) is 6.48. The third kappa shape index (κ3) is 2.89. The topological polar surface area (TPSA) is 94.1 Å². The highest BCUT2D eigenvalue weighted by Gasteiger charge is 2.11. The second-order valence-corrected chi connectivity index (χ2v) is 3.80.